The van der Waals surface area contributed by atoms with Gasteiger partial charge in [0.15, 0.2) is 0 Å². The van der Waals surface area contributed by atoms with E-state index in [1.807, 2.05) is 30.0 Å². The summed E-state index contributed by atoms with van der Waals surface area (Å²) < 4.78 is 5.95. The zero-order valence-electron chi connectivity index (χ0n) is 22.6. The molecular weight excluding hydrogens is 472 g/mol. The number of benzene rings is 1. The van der Waals surface area contributed by atoms with Crippen LogP contribution in [0, 0.1) is 0 Å². The number of hydrogen-bond acceptors (Lipinski definition) is 5. The number of hydrogen-bond donors (Lipinski definition) is 3. The van der Waals surface area contributed by atoms with Gasteiger partial charge in [0.05, 0.1) is 13.2 Å². The van der Waals surface area contributed by atoms with E-state index in [4.69, 9.17) is 4.74 Å². The molecule has 37 heavy (non-hydrogen) atoms. The number of nitrogens with one attached hydrogen (secondary N) is 3. The van der Waals surface area contributed by atoms with Gasteiger partial charge in [-0.25, -0.2) is 0 Å². The molecule has 3 unspecified atom stereocenters. The van der Waals surface area contributed by atoms with Crippen LogP contribution >= 0.6 is 0 Å². The van der Waals surface area contributed by atoms with E-state index >= 15 is 0 Å². The molecule has 0 aliphatic carbocycles. The van der Waals surface area contributed by atoms with Crippen molar-refractivity contribution < 1.29 is 23.9 Å². The van der Waals surface area contributed by atoms with Gasteiger partial charge in [0.2, 0.25) is 24.1 Å². The first-order chi connectivity index (χ1) is 17.9. The van der Waals surface area contributed by atoms with Gasteiger partial charge in [0.25, 0.3) is 0 Å². The van der Waals surface area contributed by atoms with E-state index in [2.05, 4.69) is 35.9 Å². The van der Waals surface area contributed by atoms with Crippen LogP contribution in [0.2, 0.25) is 0 Å². The number of carbonyl (C=O) groups is 4. The molecule has 1 fully saturated rings. The molecule has 1 saturated heterocycles. The summed E-state index contributed by atoms with van der Waals surface area (Å²) in [4.78, 5) is 49.4. The molecular formula is C28H44N4O5. The maximum absolute atomic E-state index is 12.9. The molecule has 0 saturated carbocycles. The molecule has 1 aromatic rings. The fraction of sp³-hybridized carbons (Fsp3) is 0.643. The lowest BCUT2D eigenvalue weighted by atomic mass is 10.1. The van der Waals surface area contributed by atoms with Crippen LogP contribution in [0.3, 0.4) is 0 Å². The number of likely N-dealkylation sites (tertiary alicyclic amines) is 1. The molecule has 9 nitrogen and oxygen atoms in total. The largest absolute Gasteiger partial charge is 0.494 e. The van der Waals surface area contributed by atoms with Crippen molar-refractivity contribution in [2.75, 3.05) is 19.7 Å². The molecule has 0 radical (unpaired) electrons. The highest BCUT2D eigenvalue weighted by molar-refractivity contribution is 5.89. The second kappa shape index (κ2) is 16.6. The lowest BCUT2D eigenvalue weighted by Gasteiger charge is -2.24. The van der Waals surface area contributed by atoms with E-state index in [-0.39, 0.29) is 30.4 Å². The fourth-order valence-electron chi connectivity index (χ4n) is 4.67. The van der Waals surface area contributed by atoms with Crippen LogP contribution in [0.1, 0.15) is 77.7 Å². The molecule has 0 spiro atoms. The molecule has 1 aliphatic heterocycles. The summed E-state index contributed by atoms with van der Waals surface area (Å²) in [5.74, 6) is 0.427. The minimum Gasteiger partial charge on any atom is -0.494 e. The van der Waals surface area contributed by atoms with Crippen molar-refractivity contribution in [3.63, 3.8) is 0 Å². The number of ether oxygens (including phenoxy) is 1. The first-order valence-corrected chi connectivity index (χ1v) is 13.7. The molecule has 2 rings (SSSR count). The molecule has 0 bridgehead atoms. The monoisotopic (exact) mass is 516 g/mol. The van der Waals surface area contributed by atoms with Gasteiger partial charge in [-0.15, -0.1) is 0 Å². The average Bonchev–Trinajstić information content (AvgIpc) is 3.32. The standard InChI is InChI=1S/C28H44N4O5/c1-4-10-23(5-2)30-28(36)25(31-26(34)19-29-20-33)13-6-7-16-37-24-12-8-11-22(18-24)17-21(3)32-15-9-14-27(32)35/h8,11-12,18,20-21,23,25H,4-7,9-10,13-17,19H2,1-3H3,(H,29,33)(H,30,36)(H,31,34). The summed E-state index contributed by atoms with van der Waals surface area (Å²) in [6, 6.07) is 7.53. The van der Waals surface area contributed by atoms with Gasteiger partial charge >= 0.3 is 0 Å². The number of amides is 4. The highest BCUT2D eigenvalue weighted by atomic mass is 16.5. The van der Waals surface area contributed by atoms with E-state index in [0.717, 1.165) is 56.4 Å². The summed E-state index contributed by atoms with van der Waals surface area (Å²) in [6.07, 6.45) is 7.40. The van der Waals surface area contributed by atoms with Gasteiger partial charge in [0, 0.05) is 25.0 Å². The second-order valence-corrected chi connectivity index (χ2v) is 9.76. The van der Waals surface area contributed by atoms with Gasteiger partial charge in [-0.3, -0.25) is 19.2 Å². The van der Waals surface area contributed by atoms with E-state index in [9.17, 15) is 19.2 Å². The molecule has 1 heterocycles. The summed E-state index contributed by atoms with van der Waals surface area (Å²) in [5.41, 5.74) is 1.13. The lowest BCUT2D eigenvalue weighted by Crippen LogP contribution is -2.51. The normalized spacial score (nSPS) is 15.5. The van der Waals surface area contributed by atoms with Crippen LogP contribution in [0.25, 0.3) is 0 Å². The van der Waals surface area contributed by atoms with Crippen molar-refractivity contribution >= 4 is 24.1 Å². The molecule has 9 heteroatoms. The minimum absolute atomic E-state index is 0.0759. The first kappa shape index (κ1) is 30.1. The Labute approximate surface area is 221 Å². The fourth-order valence-corrected chi connectivity index (χ4v) is 4.67. The minimum atomic E-state index is -0.662. The van der Waals surface area contributed by atoms with Gasteiger partial charge < -0.3 is 25.6 Å². The van der Waals surface area contributed by atoms with Crippen LogP contribution in [0.4, 0.5) is 0 Å². The smallest absolute Gasteiger partial charge is 0.242 e. The van der Waals surface area contributed by atoms with Crippen LogP contribution in [0.15, 0.2) is 24.3 Å². The predicted octanol–water partition coefficient (Wildman–Crippen LogP) is 2.71. The quantitative estimate of drug-likeness (QED) is 0.205. The Morgan fingerprint density at radius 3 is 2.65 bits per heavy atom. The van der Waals surface area contributed by atoms with Crippen LogP contribution in [-0.2, 0) is 25.6 Å². The number of carbonyl (C=O) groups excluding carboxylic acids is 4. The van der Waals surface area contributed by atoms with Crippen molar-refractivity contribution in [3.05, 3.63) is 29.8 Å². The Kier molecular flexibility index (Phi) is 13.5. The highest BCUT2D eigenvalue weighted by Crippen LogP contribution is 2.20. The highest BCUT2D eigenvalue weighted by Gasteiger charge is 2.25. The Hall–Kier alpha value is -3.10. The third-order valence-electron chi connectivity index (χ3n) is 6.70. The van der Waals surface area contributed by atoms with Crippen molar-refractivity contribution in [2.24, 2.45) is 0 Å². The molecule has 4 amide bonds. The van der Waals surface area contributed by atoms with E-state index in [0.29, 0.717) is 32.3 Å². The summed E-state index contributed by atoms with van der Waals surface area (Å²) in [7, 11) is 0. The molecule has 206 valence electrons. The number of unbranched alkanes of at least 4 members (excludes halogenated alkanes) is 1. The Morgan fingerprint density at radius 1 is 1.16 bits per heavy atom. The van der Waals surface area contributed by atoms with Gasteiger partial charge in [-0.05, 0) is 69.6 Å². The van der Waals surface area contributed by atoms with E-state index in [1.165, 1.54) is 0 Å². The van der Waals surface area contributed by atoms with Crippen molar-refractivity contribution in [1.82, 2.24) is 20.9 Å². The van der Waals surface area contributed by atoms with E-state index < -0.39 is 11.9 Å². The zero-order valence-corrected chi connectivity index (χ0v) is 22.6. The van der Waals surface area contributed by atoms with Gasteiger partial charge in [0.1, 0.15) is 11.8 Å². The number of rotatable bonds is 18. The summed E-state index contributed by atoms with van der Waals surface area (Å²) in [6.45, 7) is 7.35. The van der Waals surface area contributed by atoms with E-state index in [1.54, 1.807) is 0 Å². The van der Waals surface area contributed by atoms with Gasteiger partial charge in [-0.1, -0.05) is 32.4 Å². The average molecular weight is 517 g/mol. The molecule has 3 N–H and O–H groups in total. The van der Waals surface area contributed by atoms with Crippen LogP contribution in [0.5, 0.6) is 5.75 Å². The van der Waals surface area contributed by atoms with Gasteiger partial charge in [-0.2, -0.15) is 0 Å². The summed E-state index contributed by atoms with van der Waals surface area (Å²) in [5, 5.41) is 8.11. The molecule has 0 aromatic heterocycles. The first-order valence-electron chi connectivity index (χ1n) is 13.7. The summed E-state index contributed by atoms with van der Waals surface area (Å²) >= 11 is 0. The Morgan fingerprint density at radius 2 is 1.97 bits per heavy atom. The maximum Gasteiger partial charge on any atom is 0.242 e. The third-order valence-corrected chi connectivity index (χ3v) is 6.70. The Bertz CT molecular complexity index is 878. The number of nitrogens with zero attached hydrogens (tertiary/aromatic N) is 1. The molecule has 3 atom stereocenters. The van der Waals surface area contributed by atoms with Crippen molar-refractivity contribution in [2.45, 2.75) is 96.7 Å². The van der Waals surface area contributed by atoms with Crippen LogP contribution < -0.4 is 20.7 Å². The Balaban J connectivity index is 1.82. The van der Waals surface area contributed by atoms with Crippen molar-refractivity contribution in [3.8, 4) is 5.75 Å². The lowest BCUT2D eigenvalue weighted by molar-refractivity contribution is -0.129. The predicted molar refractivity (Wildman–Crippen MR) is 143 cm³/mol. The SMILES string of the molecule is CCCC(CC)NC(=O)C(CCCCOc1cccc(CC(C)N2CCCC2=O)c1)NC(=O)CNC=O. The van der Waals surface area contributed by atoms with Crippen LogP contribution in [-0.4, -0.2) is 66.9 Å². The maximum atomic E-state index is 12.9. The molecule has 1 aliphatic rings. The topological polar surface area (TPSA) is 117 Å². The van der Waals surface area contributed by atoms with Crippen molar-refractivity contribution in [1.29, 1.82) is 0 Å². The molecule has 1 aromatic carbocycles. The second-order valence-electron chi connectivity index (χ2n) is 9.76. The zero-order chi connectivity index (χ0) is 27.0. The third kappa shape index (κ3) is 10.8.